The van der Waals surface area contributed by atoms with Crippen LogP contribution in [0.4, 0.5) is 20.1 Å². The van der Waals surface area contributed by atoms with Gasteiger partial charge in [-0.15, -0.1) is 11.3 Å². The molecule has 1 saturated heterocycles. The van der Waals surface area contributed by atoms with Crippen LogP contribution in [0.3, 0.4) is 0 Å². The molecule has 0 bridgehead atoms. The molecule has 0 radical (unpaired) electrons. The highest BCUT2D eigenvalue weighted by molar-refractivity contribution is 7.23. The molecule has 6 rings (SSSR count). The number of pyridine rings is 1. The van der Waals surface area contributed by atoms with E-state index in [-0.39, 0.29) is 21.2 Å². The van der Waals surface area contributed by atoms with Crippen molar-refractivity contribution < 1.29 is 23.8 Å². The van der Waals surface area contributed by atoms with Crippen molar-refractivity contribution in [3.8, 4) is 17.3 Å². The second kappa shape index (κ2) is 10.4. The van der Waals surface area contributed by atoms with Crippen LogP contribution in [0.2, 0.25) is 0 Å². The van der Waals surface area contributed by atoms with E-state index in [2.05, 4.69) is 21.4 Å². The molecule has 2 N–H and O–H groups in total. The van der Waals surface area contributed by atoms with Crippen molar-refractivity contribution in [3.63, 3.8) is 0 Å². The van der Waals surface area contributed by atoms with Gasteiger partial charge in [-0.3, -0.25) is 10.3 Å². The van der Waals surface area contributed by atoms with Crippen LogP contribution in [0.5, 0.6) is 0 Å². The number of carbonyl (C=O) groups excluding carboxylic acids is 1. The Morgan fingerprint density at radius 1 is 1.29 bits per heavy atom. The smallest absolute Gasteiger partial charge is 0.412 e. The van der Waals surface area contributed by atoms with Gasteiger partial charge in [0.05, 0.1) is 47.0 Å². The SMILES string of the molecule is CCc1c(-c2ncc(F)c3sc(NC(=O)OC(C)(C)C)c(C#N)c23)c2c(c3cnc(N4C[C@@H](C)[C@@H](O)C4)nc13)COC2. The summed E-state index contributed by atoms with van der Waals surface area (Å²) in [6, 6.07) is 2.17. The van der Waals surface area contributed by atoms with Gasteiger partial charge in [0, 0.05) is 41.5 Å². The summed E-state index contributed by atoms with van der Waals surface area (Å²) in [6.07, 6.45) is 2.34. The molecular weight excluding hydrogens is 559 g/mol. The monoisotopic (exact) mass is 590 g/mol. The van der Waals surface area contributed by atoms with Crippen molar-refractivity contribution in [2.24, 2.45) is 5.92 Å². The Morgan fingerprint density at radius 2 is 2.05 bits per heavy atom. The number of β-amino-alcohol motifs (C(OH)–C–C–N with tert-alkyl or cyclic N) is 1. The van der Waals surface area contributed by atoms with E-state index in [1.165, 1.54) is 0 Å². The molecule has 2 atom stereocenters. The highest BCUT2D eigenvalue weighted by Crippen LogP contribution is 2.46. The highest BCUT2D eigenvalue weighted by atomic mass is 32.1. The molecule has 42 heavy (non-hydrogen) atoms. The second-order valence-electron chi connectivity index (χ2n) is 11.7. The summed E-state index contributed by atoms with van der Waals surface area (Å²) in [6.45, 7) is 11.0. The van der Waals surface area contributed by atoms with Crippen molar-refractivity contribution in [2.45, 2.75) is 66.0 Å². The lowest BCUT2D eigenvalue weighted by atomic mass is 9.88. The number of nitrogens with zero attached hydrogens (tertiary/aromatic N) is 5. The van der Waals surface area contributed by atoms with E-state index < -0.39 is 23.6 Å². The number of aliphatic hydroxyl groups excluding tert-OH is 1. The van der Waals surface area contributed by atoms with Crippen molar-refractivity contribution in [2.75, 3.05) is 23.3 Å². The van der Waals surface area contributed by atoms with Gasteiger partial charge in [-0.25, -0.2) is 19.2 Å². The molecule has 0 spiro atoms. The minimum atomic E-state index is -0.751. The van der Waals surface area contributed by atoms with Gasteiger partial charge in [0.2, 0.25) is 5.95 Å². The number of halogens is 1. The topological polar surface area (TPSA) is 133 Å². The van der Waals surface area contributed by atoms with Gasteiger partial charge in [0.1, 0.15) is 16.7 Å². The fourth-order valence-electron chi connectivity index (χ4n) is 5.76. The highest BCUT2D eigenvalue weighted by Gasteiger charge is 2.32. The van der Waals surface area contributed by atoms with Crippen LogP contribution >= 0.6 is 11.3 Å². The van der Waals surface area contributed by atoms with E-state index in [0.717, 1.165) is 50.7 Å². The van der Waals surface area contributed by atoms with E-state index in [1.54, 1.807) is 20.8 Å². The number of aryl methyl sites for hydroxylation is 1. The number of nitrogens with one attached hydrogen (secondary N) is 1. The minimum absolute atomic E-state index is 0.0992. The number of carbonyl (C=O) groups is 1. The predicted octanol–water partition coefficient (Wildman–Crippen LogP) is 5.67. The van der Waals surface area contributed by atoms with E-state index in [0.29, 0.717) is 49.8 Å². The number of anilines is 2. The lowest BCUT2D eigenvalue weighted by Crippen LogP contribution is -2.27. The van der Waals surface area contributed by atoms with Crippen LogP contribution in [0, 0.1) is 23.1 Å². The quantitative estimate of drug-likeness (QED) is 0.308. The number of hydrogen-bond acceptors (Lipinski definition) is 10. The van der Waals surface area contributed by atoms with Gasteiger partial charge in [-0.1, -0.05) is 13.8 Å². The number of aliphatic hydroxyl groups is 1. The lowest BCUT2D eigenvalue weighted by molar-refractivity contribution is 0.0636. The first-order valence-electron chi connectivity index (χ1n) is 13.9. The molecule has 2 aliphatic rings. The first-order valence-corrected chi connectivity index (χ1v) is 14.7. The molecule has 10 nitrogen and oxygen atoms in total. The molecule has 12 heteroatoms. The van der Waals surface area contributed by atoms with Crippen LogP contribution in [0.15, 0.2) is 12.4 Å². The van der Waals surface area contributed by atoms with Crippen LogP contribution in [-0.2, 0) is 29.1 Å². The molecule has 5 heterocycles. The summed E-state index contributed by atoms with van der Waals surface area (Å²) in [5.41, 5.74) is 3.98. The Kier molecular flexibility index (Phi) is 7.00. The number of fused-ring (bicyclic) bond motifs is 4. The lowest BCUT2D eigenvalue weighted by Gasteiger charge is -2.20. The van der Waals surface area contributed by atoms with Gasteiger partial charge in [-0.2, -0.15) is 5.26 Å². The molecule has 0 unspecified atom stereocenters. The maximum absolute atomic E-state index is 15.2. The maximum atomic E-state index is 15.2. The largest absolute Gasteiger partial charge is 0.444 e. The van der Waals surface area contributed by atoms with Gasteiger partial charge >= 0.3 is 6.09 Å². The number of hydrogen-bond donors (Lipinski definition) is 2. The number of aromatic nitrogens is 3. The van der Waals surface area contributed by atoms with E-state index >= 15 is 4.39 Å². The van der Waals surface area contributed by atoms with Crippen molar-refractivity contribution >= 4 is 49.4 Å². The zero-order chi connectivity index (χ0) is 29.9. The number of nitriles is 1. The van der Waals surface area contributed by atoms with E-state index in [9.17, 15) is 15.2 Å². The molecule has 0 saturated carbocycles. The molecule has 0 aliphatic carbocycles. The number of benzene rings is 1. The average molecular weight is 591 g/mol. The van der Waals surface area contributed by atoms with Crippen molar-refractivity contribution in [3.05, 3.63) is 40.5 Å². The Labute approximate surface area is 246 Å². The second-order valence-corrected chi connectivity index (χ2v) is 12.8. The van der Waals surface area contributed by atoms with E-state index in [4.69, 9.17) is 14.5 Å². The standard InChI is InChI=1S/C30H31FN6O4S/c1-6-15-22(19-13-40-12-18(19)17-8-34-28(35-24(15)17)37-10-14(2)21(38)11-37)25-23-16(7-32)27(36-29(39)41-30(3,4)5)42-26(23)20(31)9-33-25/h8-9,14,21,38H,6,10-13H2,1-5H3,(H,36,39)/t14-,21+/m1/s1. The zero-order valence-corrected chi connectivity index (χ0v) is 24.9. The van der Waals surface area contributed by atoms with Crippen molar-refractivity contribution in [1.82, 2.24) is 15.0 Å². The Hall–Kier alpha value is -3.92. The summed E-state index contributed by atoms with van der Waals surface area (Å²) in [5, 5.41) is 24.6. The Balaban J connectivity index is 1.58. The summed E-state index contributed by atoms with van der Waals surface area (Å²) in [5.74, 6) is 0.0346. The van der Waals surface area contributed by atoms with Gasteiger partial charge < -0.3 is 19.5 Å². The third-order valence-electron chi connectivity index (χ3n) is 7.69. The average Bonchev–Trinajstić information content (AvgIpc) is 3.64. The van der Waals surface area contributed by atoms with Gasteiger partial charge in [0.25, 0.3) is 0 Å². The molecule has 1 amide bonds. The van der Waals surface area contributed by atoms with E-state index in [1.807, 2.05) is 24.9 Å². The first kappa shape index (κ1) is 28.2. The van der Waals surface area contributed by atoms with Crippen LogP contribution in [-0.4, -0.2) is 50.9 Å². The van der Waals surface area contributed by atoms with Crippen LogP contribution in [0.25, 0.3) is 32.2 Å². The third-order valence-corrected chi connectivity index (χ3v) is 8.80. The van der Waals surface area contributed by atoms with Gasteiger partial charge in [-0.05, 0) is 43.9 Å². The number of amides is 1. The Bertz CT molecular complexity index is 1780. The summed E-state index contributed by atoms with van der Waals surface area (Å²) < 4.78 is 26.7. The predicted molar refractivity (Wildman–Crippen MR) is 158 cm³/mol. The summed E-state index contributed by atoms with van der Waals surface area (Å²) in [7, 11) is 0. The molecule has 218 valence electrons. The summed E-state index contributed by atoms with van der Waals surface area (Å²) in [4.78, 5) is 28.8. The number of ether oxygens (including phenoxy) is 2. The fourth-order valence-corrected chi connectivity index (χ4v) is 6.80. The zero-order valence-electron chi connectivity index (χ0n) is 24.0. The van der Waals surface area contributed by atoms with Crippen molar-refractivity contribution in [1.29, 1.82) is 5.26 Å². The van der Waals surface area contributed by atoms with Crippen LogP contribution in [0.1, 0.15) is 56.9 Å². The molecule has 1 fully saturated rings. The summed E-state index contributed by atoms with van der Waals surface area (Å²) >= 11 is 0.972. The number of thiophene rings is 1. The molecule has 4 aromatic rings. The maximum Gasteiger partial charge on any atom is 0.412 e. The first-order chi connectivity index (χ1) is 20.0. The minimum Gasteiger partial charge on any atom is -0.444 e. The number of rotatable bonds is 4. The molecule has 1 aromatic carbocycles. The normalized spacial score (nSPS) is 18.5. The van der Waals surface area contributed by atoms with Crippen LogP contribution < -0.4 is 10.2 Å². The fraction of sp³-hybridized carbons (Fsp3) is 0.433. The van der Waals surface area contributed by atoms with Gasteiger partial charge in [0.15, 0.2) is 5.82 Å². The molecule has 2 aliphatic heterocycles. The Morgan fingerprint density at radius 3 is 2.71 bits per heavy atom. The third kappa shape index (κ3) is 4.71. The molecular formula is C30H31FN6O4S. The molecule has 3 aromatic heterocycles.